The number of amides is 2. The van der Waals surface area contributed by atoms with E-state index in [4.69, 9.17) is 16.7 Å². The van der Waals surface area contributed by atoms with Crippen molar-refractivity contribution >= 4 is 29.4 Å². The van der Waals surface area contributed by atoms with Crippen LogP contribution in [0.4, 0.5) is 23.8 Å². The molecular formula is C12H13ClF3N5O3. The molecule has 0 spiro atoms. The highest BCUT2D eigenvalue weighted by Gasteiger charge is 2.37. The fourth-order valence-corrected chi connectivity index (χ4v) is 2.37. The fourth-order valence-electron chi connectivity index (χ4n) is 2.23. The molecule has 2 rings (SSSR count). The van der Waals surface area contributed by atoms with E-state index in [2.05, 4.69) is 9.97 Å². The third kappa shape index (κ3) is 4.60. The number of rotatable bonds is 3. The molecular weight excluding hydrogens is 355 g/mol. The molecule has 0 unspecified atom stereocenters. The quantitative estimate of drug-likeness (QED) is 0.826. The maximum atomic E-state index is 12.3. The molecule has 1 aromatic heterocycles. The largest absolute Gasteiger partial charge is 0.465 e. The van der Waals surface area contributed by atoms with Crippen molar-refractivity contribution in [1.82, 2.24) is 20.2 Å². The molecule has 0 bridgehead atoms. The lowest BCUT2D eigenvalue weighted by molar-refractivity contribution is -0.139. The number of alkyl halides is 3. The van der Waals surface area contributed by atoms with Gasteiger partial charge < -0.3 is 20.2 Å². The molecule has 2 heterocycles. The van der Waals surface area contributed by atoms with Crippen molar-refractivity contribution in [2.45, 2.75) is 12.2 Å². The molecule has 1 aliphatic heterocycles. The van der Waals surface area contributed by atoms with Crippen LogP contribution in [0.5, 0.6) is 0 Å². The Hall–Kier alpha value is -2.30. The second-order valence-electron chi connectivity index (χ2n) is 4.97. The summed E-state index contributed by atoms with van der Waals surface area (Å²) >= 11 is 5.74. The summed E-state index contributed by atoms with van der Waals surface area (Å²) in [6.45, 7) is -1.68. The molecule has 0 aliphatic carbocycles. The van der Waals surface area contributed by atoms with E-state index in [0.717, 1.165) is 4.90 Å². The Morgan fingerprint density at radius 1 is 1.38 bits per heavy atom. The Morgan fingerprint density at radius 2 is 2.08 bits per heavy atom. The molecule has 0 radical (unpaired) electrons. The number of nitrogens with one attached hydrogen (secondary N) is 1. The summed E-state index contributed by atoms with van der Waals surface area (Å²) in [6, 6.07) is -1.18. The summed E-state index contributed by atoms with van der Waals surface area (Å²) in [5, 5.41) is 10.8. The lowest BCUT2D eigenvalue weighted by Crippen LogP contribution is -2.61. The maximum absolute atomic E-state index is 12.3. The molecule has 132 valence electrons. The number of hydrogen-bond donors (Lipinski definition) is 2. The zero-order chi connectivity index (χ0) is 17.9. The van der Waals surface area contributed by atoms with Crippen LogP contribution in [0.25, 0.3) is 0 Å². The molecule has 2 N–H and O–H groups in total. The van der Waals surface area contributed by atoms with E-state index >= 15 is 0 Å². The number of carboxylic acid groups (broad SMARTS) is 1. The van der Waals surface area contributed by atoms with Gasteiger partial charge >= 0.3 is 12.3 Å². The van der Waals surface area contributed by atoms with Crippen molar-refractivity contribution in [3.05, 3.63) is 17.5 Å². The molecule has 12 heteroatoms. The smallest absolute Gasteiger partial charge is 0.407 e. The predicted octanol–water partition coefficient (Wildman–Crippen LogP) is 0.977. The third-order valence-corrected chi connectivity index (χ3v) is 3.49. The van der Waals surface area contributed by atoms with Crippen LogP contribution in [-0.2, 0) is 4.79 Å². The highest BCUT2D eigenvalue weighted by molar-refractivity contribution is 6.29. The summed E-state index contributed by atoms with van der Waals surface area (Å²) in [5.74, 6) is -0.778. The summed E-state index contributed by atoms with van der Waals surface area (Å²) in [4.78, 5) is 33.3. The van der Waals surface area contributed by atoms with Gasteiger partial charge in [0.25, 0.3) is 0 Å². The highest BCUT2D eigenvalue weighted by atomic mass is 35.5. The van der Waals surface area contributed by atoms with Gasteiger partial charge in [0.05, 0.1) is 18.9 Å². The van der Waals surface area contributed by atoms with Gasteiger partial charge in [-0.1, -0.05) is 11.6 Å². The molecule has 1 aromatic rings. The third-order valence-electron chi connectivity index (χ3n) is 3.30. The summed E-state index contributed by atoms with van der Waals surface area (Å²) in [5.41, 5.74) is 0. The van der Waals surface area contributed by atoms with Crippen molar-refractivity contribution in [1.29, 1.82) is 0 Å². The SMILES string of the molecule is O=C(NCC(F)(F)F)[C@H]1CN(C(=O)O)CCN1c1cncc(Cl)n1. The van der Waals surface area contributed by atoms with E-state index in [1.54, 1.807) is 5.32 Å². The van der Waals surface area contributed by atoms with Crippen LogP contribution < -0.4 is 10.2 Å². The van der Waals surface area contributed by atoms with Crippen LogP contribution in [0.3, 0.4) is 0 Å². The second-order valence-corrected chi connectivity index (χ2v) is 5.36. The van der Waals surface area contributed by atoms with Gasteiger partial charge in [-0.2, -0.15) is 13.2 Å². The van der Waals surface area contributed by atoms with Crippen LogP contribution in [0, 0.1) is 0 Å². The minimum atomic E-state index is -4.57. The molecule has 24 heavy (non-hydrogen) atoms. The Balaban J connectivity index is 2.21. The van der Waals surface area contributed by atoms with E-state index in [9.17, 15) is 22.8 Å². The van der Waals surface area contributed by atoms with Crippen molar-refractivity contribution in [3.63, 3.8) is 0 Å². The maximum Gasteiger partial charge on any atom is 0.407 e. The predicted molar refractivity (Wildman–Crippen MR) is 76.8 cm³/mol. The second kappa shape index (κ2) is 7.07. The van der Waals surface area contributed by atoms with Crippen molar-refractivity contribution in [3.8, 4) is 0 Å². The minimum absolute atomic E-state index is 0.0441. The van der Waals surface area contributed by atoms with Gasteiger partial charge in [-0.3, -0.25) is 9.78 Å². The first kappa shape index (κ1) is 18.0. The highest BCUT2D eigenvalue weighted by Crippen LogP contribution is 2.20. The van der Waals surface area contributed by atoms with Gasteiger partial charge in [0, 0.05) is 13.1 Å². The standard InChI is InChI=1S/C12H13ClF3N5O3/c13-8-3-17-4-9(19-8)21-2-1-20(11(23)24)5-7(21)10(22)18-6-12(14,15)16/h3-4,7H,1-2,5-6H2,(H,18,22)(H,23,24)/t7-/m1/s1. The first-order valence-corrected chi connectivity index (χ1v) is 7.11. The van der Waals surface area contributed by atoms with Crippen LogP contribution in [0.2, 0.25) is 5.15 Å². The number of carbonyl (C=O) groups excluding carboxylic acids is 1. The average Bonchev–Trinajstić information content (AvgIpc) is 2.51. The molecule has 1 fully saturated rings. The Labute approximate surface area is 139 Å². The summed E-state index contributed by atoms with van der Waals surface area (Å²) in [7, 11) is 0. The van der Waals surface area contributed by atoms with Crippen LogP contribution in [-0.4, -0.2) is 70.4 Å². The van der Waals surface area contributed by atoms with Crippen LogP contribution in [0.1, 0.15) is 0 Å². The van der Waals surface area contributed by atoms with Gasteiger partial charge in [0.2, 0.25) is 5.91 Å². The topological polar surface area (TPSA) is 98.7 Å². The van der Waals surface area contributed by atoms with E-state index in [-0.39, 0.29) is 30.6 Å². The zero-order valence-electron chi connectivity index (χ0n) is 12.1. The van der Waals surface area contributed by atoms with Crippen molar-refractivity contribution < 1.29 is 27.9 Å². The molecule has 0 aromatic carbocycles. The lowest BCUT2D eigenvalue weighted by Gasteiger charge is -2.39. The minimum Gasteiger partial charge on any atom is -0.465 e. The first-order chi connectivity index (χ1) is 11.2. The van der Waals surface area contributed by atoms with Crippen molar-refractivity contribution in [2.75, 3.05) is 31.1 Å². The van der Waals surface area contributed by atoms with Gasteiger partial charge in [0.15, 0.2) is 0 Å². The molecule has 1 aliphatic rings. The number of nitrogens with zero attached hydrogens (tertiary/aromatic N) is 4. The van der Waals surface area contributed by atoms with Crippen molar-refractivity contribution in [2.24, 2.45) is 0 Å². The van der Waals surface area contributed by atoms with E-state index < -0.39 is 30.8 Å². The number of hydrogen-bond acceptors (Lipinski definition) is 5. The molecule has 8 nitrogen and oxygen atoms in total. The molecule has 2 amide bonds. The average molecular weight is 368 g/mol. The number of aromatic nitrogens is 2. The fraction of sp³-hybridized carbons (Fsp3) is 0.500. The van der Waals surface area contributed by atoms with Crippen LogP contribution >= 0.6 is 11.6 Å². The number of carbonyl (C=O) groups is 2. The Bertz CT molecular complexity index is 630. The number of piperazine rings is 1. The molecule has 0 saturated carbocycles. The molecule has 1 atom stereocenters. The Kier molecular flexibility index (Phi) is 5.32. The van der Waals surface area contributed by atoms with E-state index in [1.807, 2.05) is 0 Å². The molecule has 1 saturated heterocycles. The lowest BCUT2D eigenvalue weighted by atomic mass is 10.1. The normalized spacial score (nSPS) is 18.4. The van der Waals surface area contributed by atoms with Gasteiger partial charge in [0.1, 0.15) is 23.6 Å². The van der Waals surface area contributed by atoms with Crippen LogP contribution in [0.15, 0.2) is 12.4 Å². The number of anilines is 1. The summed E-state index contributed by atoms with van der Waals surface area (Å²) < 4.78 is 36.9. The zero-order valence-corrected chi connectivity index (χ0v) is 12.9. The van der Waals surface area contributed by atoms with Gasteiger partial charge in [-0.05, 0) is 0 Å². The number of halogens is 4. The van der Waals surface area contributed by atoms with Gasteiger partial charge in [-0.15, -0.1) is 0 Å². The van der Waals surface area contributed by atoms with E-state index in [1.165, 1.54) is 17.3 Å². The summed E-state index contributed by atoms with van der Waals surface area (Å²) in [6.07, 6.45) is -3.28. The first-order valence-electron chi connectivity index (χ1n) is 6.74. The Morgan fingerprint density at radius 3 is 2.67 bits per heavy atom. The monoisotopic (exact) mass is 367 g/mol. The van der Waals surface area contributed by atoms with E-state index in [0.29, 0.717) is 0 Å². The van der Waals surface area contributed by atoms with Gasteiger partial charge in [-0.25, -0.2) is 9.78 Å².